The summed E-state index contributed by atoms with van der Waals surface area (Å²) in [4.78, 5) is 25.5. The van der Waals surface area contributed by atoms with Crippen LogP contribution in [0.1, 0.15) is 30.1 Å². The molecule has 0 amide bonds. The van der Waals surface area contributed by atoms with Gasteiger partial charge in [0, 0.05) is 47.6 Å². The van der Waals surface area contributed by atoms with Gasteiger partial charge in [-0.05, 0) is 65.4 Å². The van der Waals surface area contributed by atoms with Crippen LogP contribution in [-0.4, -0.2) is 26.6 Å². The van der Waals surface area contributed by atoms with Crippen LogP contribution in [0.5, 0.6) is 0 Å². The molecule has 0 saturated carbocycles. The van der Waals surface area contributed by atoms with E-state index in [-0.39, 0.29) is 0 Å². The third kappa shape index (κ3) is 6.40. The van der Waals surface area contributed by atoms with E-state index < -0.39 is 6.17 Å². The van der Waals surface area contributed by atoms with Crippen molar-refractivity contribution in [2.45, 2.75) is 19.0 Å². The molecule has 7 aromatic carbocycles. The van der Waals surface area contributed by atoms with E-state index in [0.29, 0.717) is 17.5 Å². The monoisotopic (exact) mass is 816 g/mol. The first kappa shape index (κ1) is 36.1. The molecule has 4 heterocycles. The largest absolute Gasteiger partial charge is 0.455 e. The zero-order valence-electron chi connectivity index (χ0n) is 33.4. The standard InChI is InChI=1S/C54H36N6OS/c1-4-15-34(16-5-1)49-55-50(35-17-6-2-7-18-35)57-52(56-49)37-29-27-33(28-30-37)43-31-38(32-46-47(43)41-22-11-13-26-45(41)62-46)53-58-51(36-19-8-3-9-20-36)59-54(60-53)42-24-14-23-40-39-21-10-12-25-44(39)61-48(40)42/h1-8,10-19,21-32,53H,9,20H2,(H,58,59,60). The van der Waals surface area contributed by atoms with Crippen LogP contribution in [0.3, 0.4) is 0 Å². The van der Waals surface area contributed by atoms with Crippen molar-refractivity contribution in [2.75, 3.05) is 0 Å². The Kier molecular flexibility index (Phi) is 8.74. The van der Waals surface area contributed by atoms with Gasteiger partial charge in [0.25, 0.3) is 0 Å². The lowest BCUT2D eigenvalue weighted by Crippen LogP contribution is -2.34. The first-order valence-corrected chi connectivity index (χ1v) is 21.6. The Morgan fingerprint density at radius 2 is 1.21 bits per heavy atom. The van der Waals surface area contributed by atoms with E-state index in [0.717, 1.165) is 91.0 Å². The lowest BCUT2D eigenvalue weighted by molar-refractivity contribution is 0.659. The average Bonchev–Trinajstić information content (AvgIpc) is 3.93. The molecule has 0 fully saturated rings. The molecule has 1 N–H and O–H groups in total. The molecular weight excluding hydrogens is 781 g/mol. The van der Waals surface area contributed by atoms with Crippen LogP contribution in [0.4, 0.5) is 0 Å². The maximum Gasteiger partial charge on any atom is 0.164 e. The highest BCUT2D eigenvalue weighted by molar-refractivity contribution is 7.26. The molecule has 1 atom stereocenters. The maximum absolute atomic E-state index is 6.53. The van der Waals surface area contributed by atoms with Gasteiger partial charge < -0.3 is 9.73 Å². The Bertz CT molecular complexity index is 3430. The van der Waals surface area contributed by atoms with Crippen LogP contribution < -0.4 is 5.32 Å². The molecule has 1 aliphatic carbocycles. The average molecular weight is 817 g/mol. The molecule has 7 nitrogen and oxygen atoms in total. The van der Waals surface area contributed by atoms with Crippen molar-refractivity contribution < 1.29 is 4.42 Å². The minimum Gasteiger partial charge on any atom is -0.455 e. The van der Waals surface area contributed by atoms with E-state index >= 15 is 0 Å². The van der Waals surface area contributed by atoms with Gasteiger partial charge in [0.05, 0.1) is 5.56 Å². The number of nitrogens with one attached hydrogen (secondary N) is 1. The third-order valence-corrected chi connectivity index (χ3v) is 12.8. The fraction of sp³-hybridized carbons (Fsp3) is 0.0556. The number of nitrogens with zero attached hydrogens (tertiary/aromatic N) is 5. The molecule has 1 aliphatic heterocycles. The molecule has 8 heteroatoms. The summed E-state index contributed by atoms with van der Waals surface area (Å²) >= 11 is 1.81. The van der Waals surface area contributed by atoms with Crippen molar-refractivity contribution in [3.05, 3.63) is 199 Å². The predicted molar refractivity (Wildman–Crippen MR) is 254 cm³/mol. The molecule has 2 aliphatic rings. The number of fused-ring (bicyclic) bond motifs is 6. The highest BCUT2D eigenvalue weighted by Gasteiger charge is 2.26. The number of aliphatic imine (C=N–C) groups is 2. The van der Waals surface area contributed by atoms with Gasteiger partial charge in [0.2, 0.25) is 0 Å². The van der Waals surface area contributed by atoms with Gasteiger partial charge in [-0.2, -0.15) is 0 Å². The van der Waals surface area contributed by atoms with Gasteiger partial charge in [0.1, 0.15) is 23.2 Å². The molecule has 0 spiro atoms. The lowest BCUT2D eigenvalue weighted by Gasteiger charge is -2.25. The maximum atomic E-state index is 6.53. The number of rotatable bonds is 7. The summed E-state index contributed by atoms with van der Waals surface area (Å²) in [6.07, 6.45) is 7.87. The smallest absolute Gasteiger partial charge is 0.164 e. The Hall–Kier alpha value is -7.81. The zero-order chi connectivity index (χ0) is 41.0. The summed E-state index contributed by atoms with van der Waals surface area (Å²) in [6.45, 7) is 0. The van der Waals surface area contributed by atoms with Crippen molar-refractivity contribution in [2.24, 2.45) is 9.98 Å². The van der Waals surface area contributed by atoms with Crippen molar-refractivity contribution in [3.63, 3.8) is 0 Å². The number of para-hydroxylation sites is 2. The Balaban J connectivity index is 0.988. The van der Waals surface area contributed by atoms with Gasteiger partial charge in [-0.3, -0.25) is 0 Å². The summed E-state index contributed by atoms with van der Waals surface area (Å²) in [5.74, 6) is 3.37. The molecule has 10 aromatic rings. The summed E-state index contributed by atoms with van der Waals surface area (Å²) in [5.41, 5.74) is 9.75. The number of furan rings is 1. The normalized spacial score (nSPS) is 15.2. The summed E-state index contributed by atoms with van der Waals surface area (Å²) in [7, 11) is 0. The minimum absolute atomic E-state index is 0.408. The van der Waals surface area contributed by atoms with Gasteiger partial charge >= 0.3 is 0 Å². The van der Waals surface area contributed by atoms with E-state index in [1.807, 2.05) is 84.1 Å². The number of benzene rings is 7. The highest BCUT2D eigenvalue weighted by Crippen LogP contribution is 2.43. The fourth-order valence-electron chi connectivity index (χ4n) is 8.62. The van der Waals surface area contributed by atoms with Crippen molar-refractivity contribution in [1.82, 2.24) is 20.3 Å². The van der Waals surface area contributed by atoms with Crippen molar-refractivity contribution in [3.8, 4) is 45.3 Å². The molecule has 0 bridgehead atoms. The molecule has 0 saturated heterocycles. The van der Waals surface area contributed by atoms with E-state index in [9.17, 15) is 0 Å². The number of hydrogen-bond donors (Lipinski definition) is 1. The van der Waals surface area contributed by atoms with Crippen LogP contribution >= 0.6 is 11.3 Å². The van der Waals surface area contributed by atoms with Gasteiger partial charge in [-0.25, -0.2) is 24.9 Å². The zero-order valence-corrected chi connectivity index (χ0v) is 34.2. The van der Waals surface area contributed by atoms with Crippen LogP contribution in [0, 0.1) is 0 Å². The number of amidine groups is 2. The summed E-state index contributed by atoms with van der Waals surface area (Å²) in [6, 6.07) is 56.5. The number of allylic oxidation sites excluding steroid dienone is 3. The van der Waals surface area contributed by atoms with Crippen LogP contribution in [0.15, 0.2) is 202 Å². The third-order valence-electron chi connectivity index (χ3n) is 11.7. The minimum atomic E-state index is -0.408. The molecule has 0 radical (unpaired) electrons. The second-order valence-corrected chi connectivity index (χ2v) is 16.6. The number of thiophene rings is 1. The SMILES string of the molecule is C1=CCCC(C2=NC(c3cc(-c4ccc(-c5nc(-c6ccccc6)nc(-c6ccccc6)n5)cc4)c4c(c3)sc3ccccc34)NC(c3cccc4c3oc3ccccc34)=N2)=C1. The first-order valence-electron chi connectivity index (χ1n) is 20.8. The van der Waals surface area contributed by atoms with E-state index in [1.165, 1.54) is 20.2 Å². The molecular formula is C54H36N6OS. The second-order valence-electron chi connectivity index (χ2n) is 15.6. The summed E-state index contributed by atoms with van der Waals surface area (Å²) in [5, 5.41) is 8.37. The quantitative estimate of drug-likeness (QED) is 0.173. The fourth-order valence-corrected chi connectivity index (χ4v) is 9.80. The van der Waals surface area contributed by atoms with Gasteiger partial charge in [-0.15, -0.1) is 11.3 Å². The summed E-state index contributed by atoms with van der Waals surface area (Å²) < 4.78 is 8.96. The van der Waals surface area contributed by atoms with E-state index in [1.54, 1.807) is 0 Å². The topological polar surface area (TPSA) is 88.6 Å². The first-order chi connectivity index (χ1) is 30.7. The van der Waals surface area contributed by atoms with E-state index in [4.69, 9.17) is 29.4 Å². The molecule has 1 unspecified atom stereocenters. The van der Waals surface area contributed by atoms with Gasteiger partial charge in [0.15, 0.2) is 23.3 Å². The number of hydrogen-bond acceptors (Lipinski definition) is 8. The van der Waals surface area contributed by atoms with Crippen molar-refractivity contribution in [1.29, 1.82) is 0 Å². The van der Waals surface area contributed by atoms with Crippen LogP contribution in [-0.2, 0) is 0 Å². The Morgan fingerprint density at radius 1 is 0.565 bits per heavy atom. The molecule has 3 aromatic heterocycles. The molecule has 294 valence electrons. The molecule has 62 heavy (non-hydrogen) atoms. The predicted octanol–water partition coefficient (Wildman–Crippen LogP) is 13.5. The lowest BCUT2D eigenvalue weighted by atomic mass is 9.95. The van der Waals surface area contributed by atoms with Crippen LogP contribution in [0.25, 0.3) is 87.4 Å². The Labute approximate surface area is 361 Å². The van der Waals surface area contributed by atoms with Crippen molar-refractivity contribution >= 4 is 65.1 Å². The highest BCUT2D eigenvalue weighted by atomic mass is 32.1. The Morgan fingerprint density at radius 3 is 1.94 bits per heavy atom. The second kappa shape index (κ2) is 15.0. The van der Waals surface area contributed by atoms with Gasteiger partial charge in [-0.1, -0.05) is 152 Å². The number of aromatic nitrogens is 3. The van der Waals surface area contributed by atoms with Crippen LogP contribution in [0.2, 0.25) is 0 Å². The molecule has 12 rings (SSSR count). The van der Waals surface area contributed by atoms with E-state index in [2.05, 4.69) is 115 Å².